The van der Waals surface area contributed by atoms with Gasteiger partial charge in [-0.05, 0) is 58.7 Å². The molecule has 0 spiro atoms. The van der Waals surface area contributed by atoms with Gasteiger partial charge in [-0.3, -0.25) is 0 Å². The molecule has 0 saturated carbocycles. The second-order valence-corrected chi connectivity index (χ2v) is 8.32. The smallest absolute Gasteiger partial charge is 0.0433 e. The Morgan fingerprint density at radius 1 is 0.516 bits per heavy atom. The predicted octanol–water partition coefficient (Wildman–Crippen LogP) is 8.37. The zero-order chi connectivity index (χ0) is 21.5. The lowest BCUT2D eigenvalue weighted by Crippen LogP contribution is -2.22. The van der Waals surface area contributed by atoms with Gasteiger partial charge in [-0.1, -0.05) is 102 Å². The van der Waals surface area contributed by atoms with Crippen molar-refractivity contribution in [2.45, 2.75) is 13.1 Å². The SMILES string of the molecule is Clc1ccc(CN(Cc2ccc(Cl)cc2)c2ccc(C=Cc3ccccc3)cc2)cc1. The largest absolute Gasteiger partial charge is 0.363 e. The number of rotatable bonds is 7. The molecule has 31 heavy (non-hydrogen) atoms. The van der Waals surface area contributed by atoms with Gasteiger partial charge in [-0.2, -0.15) is 0 Å². The number of halogens is 2. The van der Waals surface area contributed by atoms with Crippen LogP contribution in [0.25, 0.3) is 12.2 Å². The Labute approximate surface area is 194 Å². The van der Waals surface area contributed by atoms with Gasteiger partial charge in [0.05, 0.1) is 0 Å². The van der Waals surface area contributed by atoms with Crippen LogP contribution in [0.15, 0.2) is 103 Å². The molecule has 0 aliphatic rings. The van der Waals surface area contributed by atoms with Crippen molar-refractivity contribution in [1.29, 1.82) is 0 Å². The molecule has 0 atom stereocenters. The van der Waals surface area contributed by atoms with E-state index in [1.54, 1.807) is 0 Å². The quantitative estimate of drug-likeness (QED) is 0.259. The highest BCUT2D eigenvalue weighted by molar-refractivity contribution is 6.30. The van der Waals surface area contributed by atoms with E-state index < -0.39 is 0 Å². The number of anilines is 1. The molecule has 0 heterocycles. The lowest BCUT2D eigenvalue weighted by atomic mass is 10.1. The van der Waals surface area contributed by atoms with E-state index in [0.717, 1.165) is 23.1 Å². The first-order chi connectivity index (χ1) is 15.2. The average molecular weight is 444 g/mol. The van der Waals surface area contributed by atoms with Crippen LogP contribution in [-0.2, 0) is 13.1 Å². The highest BCUT2D eigenvalue weighted by atomic mass is 35.5. The third-order valence-corrected chi connectivity index (χ3v) is 5.60. The molecule has 0 aliphatic heterocycles. The Morgan fingerprint density at radius 3 is 1.45 bits per heavy atom. The molecule has 0 aliphatic carbocycles. The molecular weight excluding hydrogens is 421 g/mol. The maximum absolute atomic E-state index is 6.07. The molecule has 0 unspecified atom stereocenters. The Morgan fingerprint density at radius 2 is 0.968 bits per heavy atom. The molecule has 0 fully saturated rings. The molecule has 0 saturated heterocycles. The fourth-order valence-electron chi connectivity index (χ4n) is 3.41. The Kier molecular flexibility index (Phi) is 7.09. The maximum Gasteiger partial charge on any atom is 0.0433 e. The fraction of sp³-hybridized carbons (Fsp3) is 0.0714. The van der Waals surface area contributed by atoms with Gasteiger partial charge >= 0.3 is 0 Å². The van der Waals surface area contributed by atoms with E-state index in [-0.39, 0.29) is 0 Å². The summed E-state index contributed by atoms with van der Waals surface area (Å²) in [6, 6.07) is 35.1. The molecule has 3 heteroatoms. The fourth-order valence-corrected chi connectivity index (χ4v) is 3.66. The van der Waals surface area contributed by atoms with Crippen molar-refractivity contribution in [3.63, 3.8) is 0 Å². The molecule has 0 bridgehead atoms. The van der Waals surface area contributed by atoms with Crippen LogP contribution < -0.4 is 4.90 Å². The Hall–Kier alpha value is -3.00. The number of benzene rings is 4. The van der Waals surface area contributed by atoms with Gasteiger partial charge < -0.3 is 4.90 Å². The Balaban J connectivity index is 1.55. The van der Waals surface area contributed by atoms with E-state index in [1.807, 2.05) is 42.5 Å². The van der Waals surface area contributed by atoms with E-state index in [4.69, 9.17) is 23.2 Å². The van der Waals surface area contributed by atoms with Crippen molar-refractivity contribution in [2.24, 2.45) is 0 Å². The molecule has 4 aromatic carbocycles. The minimum absolute atomic E-state index is 0.752. The molecule has 0 aromatic heterocycles. The minimum atomic E-state index is 0.752. The zero-order valence-corrected chi connectivity index (χ0v) is 18.6. The summed E-state index contributed by atoms with van der Waals surface area (Å²) in [7, 11) is 0. The average Bonchev–Trinajstić information content (AvgIpc) is 2.81. The molecular formula is C28H23Cl2N. The third-order valence-electron chi connectivity index (χ3n) is 5.10. The van der Waals surface area contributed by atoms with Crippen LogP contribution in [0.3, 0.4) is 0 Å². The summed E-state index contributed by atoms with van der Waals surface area (Å²) in [4.78, 5) is 2.36. The summed E-state index contributed by atoms with van der Waals surface area (Å²) >= 11 is 12.1. The first-order valence-corrected chi connectivity index (χ1v) is 11.0. The third kappa shape index (κ3) is 6.24. The second kappa shape index (κ2) is 10.3. The normalized spacial score (nSPS) is 11.0. The van der Waals surface area contributed by atoms with Crippen molar-refractivity contribution in [1.82, 2.24) is 0 Å². The number of hydrogen-bond donors (Lipinski definition) is 0. The van der Waals surface area contributed by atoms with E-state index in [9.17, 15) is 0 Å². The van der Waals surface area contributed by atoms with Crippen molar-refractivity contribution in [3.05, 3.63) is 135 Å². The van der Waals surface area contributed by atoms with Gasteiger partial charge in [0.15, 0.2) is 0 Å². The van der Waals surface area contributed by atoms with Crippen LogP contribution in [0.1, 0.15) is 22.3 Å². The van der Waals surface area contributed by atoms with Gasteiger partial charge in [-0.25, -0.2) is 0 Å². The van der Waals surface area contributed by atoms with Crippen LogP contribution in [0, 0.1) is 0 Å². The highest BCUT2D eigenvalue weighted by Crippen LogP contribution is 2.23. The Bertz CT molecular complexity index is 1070. The van der Waals surface area contributed by atoms with Crippen molar-refractivity contribution in [2.75, 3.05) is 4.90 Å². The van der Waals surface area contributed by atoms with Crippen molar-refractivity contribution >= 4 is 41.0 Å². The van der Waals surface area contributed by atoms with E-state index >= 15 is 0 Å². The molecule has 154 valence electrons. The van der Waals surface area contributed by atoms with Crippen molar-refractivity contribution < 1.29 is 0 Å². The van der Waals surface area contributed by atoms with Gasteiger partial charge in [0.1, 0.15) is 0 Å². The standard InChI is InChI=1S/C28H23Cl2N/c29-26-14-8-24(9-15-26)20-31(21-25-10-16-27(30)17-11-25)28-18-12-23(13-19-28)7-6-22-4-2-1-3-5-22/h1-19H,20-21H2. The molecule has 0 amide bonds. The maximum atomic E-state index is 6.07. The molecule has 0 radical (unpaired) electrons. The zero-order valence-electron chi connectivity index (χ0n) is 17.1. The van der Waals surface area contributed by atoms with Crippen molar-refractivity contribution in [3.8, 4) is 0 Å². The lowest BCUT2D eigenvalue weighted by molar-refractivity contribution is 0.800. The summed E-state index contributed by atoms with van der Waals surface area (Å²) in [5, 5.41) is 1.50. The highest BCUT2D eigenvalue weighted by Gasteiger charge is 2.09. The molecule has 4 aromatic rings. The van der Waals surface area contributed by atoms with Gasteiger partial charge in [0.2, 0.25) is 0 Å². The van der Waals surface area contributed by atoms with E-state index in [0.29, 0.717) is 0 Å². The summed E-state index contributed by atoms with van der Waals surface area (Å²) < 4.78 is 0. The molecule has 4 rings (SSSR count). The summed E-state index contributed by atoms with van der Waals surface area (Å²) in [5.41, 5.74) is 5.96. The van der Waals surface area contributed by atoms with E-state index in [1.165, 1.54) is 27.9 Å². The summed E-state index contributed by atoms with van der Waals surface area (Å²) in [5.74, 6) is 0. The topological polar surface area (TPSA) is 3.24 Å². The van der Waals surface area contributed by atoms with Gasteiger partial charge in [0.25, 0.3) is 0 Å². The monoisotopic (exact) mass is 443 g/mol. The summed E-state index contributed by atoms with van der Waals surface area (Å²) in [6.45, 7) is 1.58. The van der Waals surface area contributed by atoms with Crippen LogP contribution >= 0.6 is 23.2 Å². The summed E-state index contributed by atoms with van der Waals surface area (Å²) in [6.07, 6.45) is 4.27. The predicted molar refractivity (Wildman–Crippen MR) is 135 cm³/mol. The first kappa shape index (κ1) is 21.2. The first-order valence-electron chi connectivity index (χ1n) is 10.2. The number of nitrogens with zero attached hydrogens (tertiary/aromatic N) is 1. The molecule has 0 N–H and O–H groups in total. The van der Waals surface area contributed by atoms with Crippen LogP contribution in [0.4, 0.5) is 5.69 Å². The van der Waals surface area contributed by atoms with E-state index in [2.05, 4.69) is 77.7 Å². The molecule has 1 nitrogen and oxygen atoms in total. The van der Waals surface area contributed by atoms with Crippen LogP contribution in [0.2, 0.25) is 10.0 Å². The number of hydrogen-bond acceptors (Lipinski definition) is 1. The lowest BCUT2D eigenvalue weighted by Gasteiger charge is -2.25. The van der Waals surface area contributed by atoms with Gasteiger partial charge in [-0.15, -0.1) is 0 Å². The minimum Gasteiger partial charge on any atom is -0.363 e. The van der Waals surface area contributed by atoms with Gasteiger partial charge in [0, 0.05) is 28.8 Å². The van der Waals surface area contributed by atoms with Crippen LogP contribution in [-0.4, -0.2) is 0 Å². The second-order valence-electron chi connectivity index (χ2n) is 7.44. The van der Waals surface area contributed by atoms with Crippen LogP contribution in [0.5, 0.6) is 0 Å².